The van der Waals surface area contributed by atoms with Crippen LogP contribution >= 0.6 is 23.1 Å². The number of thioether (sulfide) groups is 1. The summed E-state index contributed by atoms with van der Waals surface area (Å²) in [6.45, 7) is 1.79. The van der Waals surface area contributed by atoms with Gasteiger partial charge < -0.3 is 10.1 Å². The van der Waals surface area contributed by atoms with Gasteiger partial charge in [0.15, 0.2) is 0 Å². The van der Waals surface area contributed by atoms with E-state index in [1.807, 2.05) is 30.3 Å². The first-order valence-electron chi connectivity index (χ1n) is 7.33. The molecule has 2 heterocycles. The monoisotopic (exact) mass is 360 g/mol. The quantitative estimate of drug-likeness (QED) is 0.849. The standard InChI is InChI=1S/C17H16N2O3S2/c1-10-12(17(21)22-2)8-23-15(10)19-14(20)13-9-24-16(18-13)11-6-4-3-5-7-11/h3-8,13H,9H2,1-2H3,(H,19,20)/t13-/m0/s1. The average Bonchev–Trinajstić information content (AvgIpc) is 3.23. The molecular weight excluding hydrogens is 344 g/mol. The number of hydrogen-bond donors (Lipinski definition) is 1. The number of hydrogen-bond acceptors (Lipinski definition) is 6. The van der Waals surface area contributed by atoms with E-state index < -0.39 is 12.0 Å². The van der Waals surface area contributed by atoms with Gasteiger partial charge in [0.2, 0.25) is 0 Å². The molecule has 0 bridgehead atoms. The van der Waals surface area contributed by atoms with Crippen molar-refractivity contribution >= 4 is 45.0 Å². The first-order valence-corrected chi connectivity index (χ1v) is 9.20. The van der Waals surface area contributed by atoms with E-state index in [1.54, 1.807) is 24.1 Å². The Morgan fingerprint density at radius 2 is 2.04 bits per heavy atom. The summed E-state index contributed by atoms with van der Waals surface area (Å²) in [4.78, 5) is 28.6. The largest absolute Gasteiger partial charge is 0.465 e. The number of anilines is 1. The number of ether oxygens (including phenoxy) is 1. The Balaban J connectivity index is 1.71. The van der Waals surface area contributed by atoms with Crippen LogP contribution in [0.25, 0.3) is 0 Å². The highest BCUT2D eigenvalue weighted by Gasteiger charge is 2.27. The number of methoxy groups -OCH3 is 1. The molecule has 0 aliphatic carbocycles. The molecule has 1 N–H and O–H groups in total. The summed E-state index contributed by atoms with van der Waals surface area (Å²) in [5, 5.41) is 6.11. The summed E-state index contributed by atoms with van der Waals surface area (Å²) in [5.74, 6) is 0.0597. The molecule has 1 aromatic carbocycles. The third kappa shape index (κ3) is 3.37. The average molecular weight is 360 g/mol. The zero-order valence-electron chi connectivity index (χ0n) is 13.2. The molecule has 3 rings (SSSR count). The Hall–Kier alpha value is -2.12. The van der Waals surface area contributed by atoms with Crippen LogP contribution in [-0.2, 0) is 9.53 Å². The summed E-state index contributed by atoms with van der Waals surface area (Å²) in [6.07, 6.45) is 0. The number of aliphatic imine (C=N–C) groups is 1. The van der Waals surface area contributed by atoms with Crippen LogP contribution in [0.1, 0.15) is 21.5 Å². The molecular formula is C17H16N2O3S2. The molecule has 0 spiro atoms. The molecule has 24 heavy (non-hydrogen) atoms. The molecule has 0 radical (unpaired) electrons. The highest BCUT2D eigenvalue weighted by atomic mass is 32.2. The predicted molar refractivity (Wildman–Crippen MR) is 98.3 cm³/mol. The van der Waals surface area contributed by atoms with Crippen LogP contribution in [0.3, 0.4) is 0 Å². The van der Waals surface area contributed by atoms with Crippen molar-refractivity contribution in [2.45, 2.75) is 13.0 Å². The van der Waals surface area contributed by atoms with Crippen LogP contribution in [0.2, 0.25) is 0 Å². The van der Waals surface area contributed by atoms with Gasteiger partial charge in [-0.15, -0.1) is 23.1 Å². The zero-order chi connectivity index (χ0) is 17.1. The maximum atomic E-state index is 12.5. The Labute approximate surface area is 148 Å². The second kappa shape index (κ2) is 7.19. The summed E-state index contributed by atoms with van der Waals surface area (Å²) < 4.78 is 4.73. The molecule has 1 aliphatic rings. The van der Waals surface area contributed by atoms with E-state index in [1.165, 1.54) is 18.4 Å². The van der Waals surface area contributed by atoms with Crippen molar-refractivity contribution in [3.63, 3.8) is 0 Å². The number of esters is 1. The molecule has 2 aromatic rings. The lowest BCUT2D eigenvalue weighted by atomic mass is 10.2. The van der Waals surface area contributed by atoms with Crippen LogP contribution in [-0.4, -0.2) is 35.8 Å². The van der Waals surface area contributed by atoms with Crippen LogP contribution < -0.4 is 5.32 Å². The SMILES string of the molecule is COC(=O)c1csc(NC(=O)[C@@H]2CSC(c3ccccc3)=N2)c1C. The minimum atomic E-state index is -0.423. The Morgan fingerprint density at radius 1 is 1.29 bits per heavy atom. The van der Waals surface area contributed by atoms with Crippen molar-refractivity contribution in [2.75, 3.05) is 18.2 Å². The van der Waals surface area contributed by atoms with E-state index in [0.717, 1.165) is 16.2 Å². The minimum Gasteiger partial charge on any atom is -0.465 e. The maximum Gasteiger partial charge on any atom is 0.339 e. The van der Waals surface area contributed by atoms with Gasteiger partial charge in [0.1, 0.15) is 6.04 Å². The van der Waals surface area contributed by atoms with Gasteiger partial charge >= 0.3 is 5.97 Å². The number of nitrogens with one attached hydrogen (secondary N) is 1. The number of carbonyl (C=O) groups excluding carboxylic acids is 2. The number of benzene rings is 1. The van der Waals surface area contributed by atoms with Crippen LogP contribution in [0.5, 0.6) is 0 Å². The van der Waals surface area contributed by atoms with E-state index in [-0.39, 0.29) is 5.91 Å². The number of nitrogens with zero attached hydrogens (tertiary/aromatic N) is 1. The molecule has 124 valence electrons. The van der Waals surface area contributed by atoms with Gasteiger partial charge in [0, 0.05) is 16.7 Å². The molecule has 0 saturated heterocycles. The minimum absolute atomic E-state index is 0.158. The van der Waals surface area contributed by atoms with E-state index in [0.29, 0.717) is 16.3 Å². The van der Waals surface area contributed by atoms with Crippen molar-refractivity contribution in [1.82, 2.24) is 0 Å². The number of rotatable bonds is 4. The summed E-state index contributed by atoms with van der Waals surface area (Å²) >= 11 is 2.89. The molecule has 1 atom stereocenters. The van der Waals surface area contributed by atoms with E-state index in [4.69, 9.17) is 4.74 Å². The Bertz CT molecular complexity index is 799. The van der Waals surface area contributed by atoms with Crippen molar-refractivity contribution in [1.29, 1.82) is 0 Å². The van der Waals surface area contributed by atoms with Gasteiger partial charge in [-0.1, -0.05) is 30.3 Å². The Kier molecular flexibility index (Phi) is 5.01. The van der Waals surface area contributed by atoms with Gasteiger partial charge in [-0.25, -0.2) is 4.79 Å². The number of thiophene rings is 1. The van der Waals surface area contributed by atoms with Gasteiger partial charge in [-0.2, -0.15) is 0 Å². The fraction of sp³-hybridized carbons (Fsp3) is 0.235. The summed E-state index contributed by atoms with van der Waals surface area (Å²) in [5.41, 5.74) is 2.23. The van der Waals surface area contributed by atoms with Gasteiger partial charge in [-0.05, 0) is 12.5 Å². The first kappa shape index (κ1) is 16.7. The lowest BCUT2D eigenvalue weighted by molar-refractivity contribution is -0.116. The molecule has 0 unspecified atom stereocenters. The fourth-order valence-corrected chi connectivity index (χ4v) is 4.29. The molecule has 5 nitrogen and oxygen atoms in total. The van der Waals surface area contributed by atoms with Crippen LogP contribution in [0.4, 0.5) is 5.00 Å². The fourth-order valence-electron chi connectivity index (χ4n) is 2.29. The molecule has 1 aromatic heterocycles. The molecule has 1 amide bonds. The number of carbonyl (C=O) groups is 2. The van der Waals surface area contributed by atoms with Crippen molar-refractivity contribution in [3.05, 3.63) is 52.4 Å². The number of amides is 1. The van der Waals surface area contributed by atoms with Gasteiger partial charge in [-0.3, -0.25) is 9.79 Å². The Morgan fingerprint density at radius 3 is 2.75 bits per heavy atom. The normalized spacial score (nSPS) is 16.6. The van der Waals surface area contributed by atoms with Crippen LogP contribution in [0, 0.1) is 6.92 Å². The van der Waals surface area contributed by atoms with Crippen LogP contribution in [0.15, 0.2) is 40.7 Å². The van der Waals surface area contributed by atoms with Crippen molar-refractivity contribution in [2.24, 2.45) is 4.99 Å². The molecule has 0 saturated carbocycles. The third-order valence-electron chi connectivity index (χ3n) is 3.66. The van der Waals surface area contributed by atoms with Crippen molar-refractivity contribution < 1.29 is 14.3 Å². The highest BCUT2D eigenvalue weighted by Crippen LogP contribution is 2.29. The topological polar surface area (TPSA) is 67.8 Å². The lowest BCUT2D eigenvalue weighted by Crippen LogP contribution is -2.26. The predicted octanol–water partition coefficient (Wildman–Crippen LogP) is 3.34. The zero-order valence-corrected chi connectivity index (χ0v) is 14.9. The summed E-state index contributed by atoms with van der Waals surface area (Å²) in [7, 11) is 1.34. The lowest BCUT2D eigenvalue weighted by Gasteiger charge is -2.07. The van der Waals surface area contributed by atoms with E-state index in [9.17, 15) is 9.59 Å². The van der Waals surface area contributed by atoms with Gasteiger partial charge in [0.05, 0.1) is 22.7 Å². The summed E-state index contributed by atoms with van der Waals surface area (Å²) in [6, 6.07) is 9.40. The van der Waals surface area contributed by atoms with E-state index in [2.05, 4.69) is 10.3 Å². The smallest absolute Gasteiger partial charge is 0.339 e. The maximum absolute atomic E-state index is 12.5. The van der Waals surface area contributed by atoms with Crippen molar-refractivity contribution in [3.8, 4) is 0 Å². The third-order valence-corrected chi connectivity index (χ3v) is 5.75. The second-order valence-electron chi connectivity index (χ2n) is 5.21. The van der Waals surface area contributed by atoms with Gasteiger partial charge in [0.25, 0.3) is 5.91 Å². The molecule has 1 aliphatic heterocycles. The molecule has 0 fully saturated rings. The first-order chi connectivity index (χ1) is 11.6. The second-order valence-corrected chi connectivity index (χ2v) is 7.10. The van der Waals surface area contributed by atoms with E-state index >= 15 is 0 Å². The molecule has 7 heteroatoms. The highest BCUT2D eigenvalue weighted by molar-refractivity contribution is 8.14.